The number of amidine groups is 1. The van der Waals surface area contributed by atoms with Crippen molar-refractivity contribution in [2.75, 3.05) is 28.3 Å². The number of ketones is 2. The Morgan fingerprint density at radius 1 is 0.962 bits per heavy atom. The van der Waals surface area contributed by atoms with Gasteiger partial charge in [-0.15, -0.1) is 0 Å². The first kappa shape index (κ1) is 56.9. The molecule has 2 rings (SSSR count). The molecule has 310 valence electrons. The fraction of sp³-hybridized carbons (Fsp3) is 0.868. The van der Waals surface area contributed by atoms with Gasteiger partial charge in [-0.25, -0.2) is 0 Å². The molecule has 14 heteroatoms. The number of nitrogens with zero attached hydrogens (tertiary/aromatic N) is 2. The van der Waals surface area contributed by atoms with Gasteiger partial charge in [-0.1, -0.05) is 74.4 Å². The summed E-state index contributed by atoms with van der Waals surface area (Å²) < 4.78 is 24.6. The Morgan fingerprint density at radius 3 is 1.88 bits per heavy atom. The first-order valence-corrected chi connectivity index (χ1v) is 19.8. The summed E-state index contributed by atoms with van der Waals surface area (Å²) in [6, 6.07) is 0.466. The number of nitrogens with two attached hydrogens (primary N) is 1. The molecule has 0 amide bonds. The quantitative estimate of drug-likeness (QED) is 0.0486. The summed E-state index contributed by atoms with van der Waals surface area (Å²) in [7, 11) is 6.96. The van der Waals surface area contributed by atoms with E-state index in [1.807, 2.05) is 90.3 Å². The highest BCUT2D eigenvalue weighted by Gasteiger charge is 2.49. The van der Waals surface area contributed by atoms with Gasteiger partial charge in [0.1, 0.15) is 29.5 Å². The zero-order valence-corrected chi connectivity index (χ0v) is 37.8. The second kappa shape index (κ2) is 32.5. The lowest BCUT2D eigenvalue weighted by molar-refractivity contribution is -0.172. The van der Waals surface area contributed by atoms with E-state index in [0.717, 1.165) is 19.3 Å². The van der Waals surface area contributed by atoms with E-state index >= 15 is 0 Å². The van der Waals surface area contributed by atoms with Gasteiger partial charge in [-0.3, -0.25) is 19.2 Å². The van der Waals surface area contributed by atoms with Crippen molar-refractivity contribution in [2.24, 2.45) is 46.4 Å². The summed E-state index contributed by atoms with van der Waals surface area (Å²) in [5.74, 6) is -3.10. The molecule has 2 saturated heterocycles. The molecule has 8 unspecified atom stereocenters. The minimum Gasteiger partial charge on any atom is -0.468 e. The molecular weight excluding hydrogens is 785 g/mol. The van der Waals surface area contributed by atoms with Crippen LogP contribution in [-0.4, -0.2) is 98.3 Å². The molecule has 2 fully saturated rings. The molecule has 13 nitrogen and oxygen atoms in total. The molecule has 2 aliphatic heterocycles. The molecule has 0 aromatic rings. The van der Waals surface area contributed by atoms with E-state index in [0.29, 0.717) is 12.5 Å². The molecule has 0 radical (unpaired) electrons. The molecule has 0 spiro atoms. The van der Waals surface area contributed by atoms with Crippen LogP contribution >= 0.6 is 23.0 Å². The van der Waals surface area contributed by atoms with Gasteiger partial charge in [-0.05, 0) is 61.1 Å². The van der Waals surface area contributed by atoms with E-state index in [4.69, 9.17) is 19.9 Å². The maximum atomic E-state index is 12.4. The second-order valence-electron chi connectivity index (χ2n) is 12.6. The Balaban J connectivity index is -0.000000320. The van der Waals surface area contributed by atoms with Crippen molar-refractivity contribution >= 4 is 52.3 Å². The van der Waals surface area contributed by atoms with Crippen molar-refractivity contribution in [3.63, 3.8) is 0 Å². The highest BCUT2D eigenvalue weighted by molar-refractivity contribution is 14.1. The number of hydrogen-bond acceptors (Lipinski definition) is 12. The van der Waals surface area contributed by atoms with Crippen molar-refractivity contribution in [2.45, 2.75) is 153 Å². The first-order chi connectivity index (χ1) is 24.4. The van der Waals surface area contributed by atoms with Crippen LogP contribution in [0.25, 0.3) is 0 Å². The highest BCUT2D eigenvalue weighted by atomic mass is 127. The number of oxime groups is 1. The standard InChI is InChI=1S/C13H21IN2O4.C11H20O4.C8H17NO2.3C2H6/c1-5-6(2)11(17)7(3)9-8(4)19-13(18)10(9)12(15)16-20-14;1-7(6-8(2)14-4)10(12)9(3)11(13)15-5;1-6-4-7(9(2)3)5-8(10)11-6;3*1-2/h6-10H,5H2,1-4H3,(H2,15,16);7-9H,6H2,1-5H3;6-8,10H,4-5H2,1-3H3;3*1-2H3/t6-,7-,8?,9?,10?;7?,8-,9?;;;;/m10..../s1. The molecule has 0 aromatic carbocycles. The number of ether oxygens (including phenoxy) is 4. The number of aliphatic hydroxyl groups excluding tert-OH is 1. The van der Waals surface area contributed by atoms with E-state index < -0.39 is 30.1 Å². The van der Waals surface area contributed by atoms with E-state index in [9.17, 15) is 24.3 Å². The molecule has 0 bridgehead atoms. The monoisotopic (exact) mass is 861 g/mol. The third kappa shape index (κ3) is 21.1. The van der Waals surface area contributed by atoms with Crippen LogP contribution in [0.4, 0.5) is 0 Å². The molecule has 0 saturated carbocycles. The maximum absolute atomic E-state index is 12.4. The zero-order chi connectivity index (χ0) is 41.9. The normalized spacial score (nSPS) is 24.9. The number of rotatable bonds is 13. The predicted molar refractivity (Wildman–Crippen MR) is 217 cm³/mol. The number of methoxy groups -OCH3 is 2. The predicted octanol–water partition coefficient (Wildman–Crippen LogP) is 6.99. The lowest BCUT2D eigenvalue weighted by atomic mass is 9.75. The number of hydrogen-bond donors (Lipinski definition) is 2. The van der Waals surface area contributed by atoms with Crippen molar-refractivity contribution in [3.05, 3.63) is 0 Å². The lowest BCUT2D eigenvalue weighted by Gasteiger charge is -2.34. The minimum atomic E-state index is -0.720. The summed E-state index contributed by atoms with van der Waals surface area (Å²) in [6.45, 7) is 26.7. The van der Waals surface area contributed by atoms with Gasteiger partial charge in [0.15, 0.2) is 12.1 Å². The Bertz CT molecular complexity index is 990. The molecule has 2 aliphatic rings. The molecule has 0 aromatic heterocycles. The van der Waals surface area contributed by atoms with Crippen molar-refractivity contribution < 1.29 is 46.4 Å². The molecule has 2 heterocycles. The average Bonchev–Trinajstić information content (AvgIpc) is 3.44. The van der Waals surface area contributed by atoms with E-state index in [1.165, 1.54) is 7.11 Å². The van der Waals surface area contributed by atoms with E-state index in [1.54, 1.807) is 50.9 Å². The van der Waals surface area contributed by atoms with Crippen LogP contribution in [0.15, 0.2) is 5.16 Å². The molecule has 3 N–H and O–H groups in total. The van der Waals surface area contributed by atoms with Gasteiger partial charge in [0.2, 0.25) is 23.0 Å². The summed E-state index contributed by atoms with van der Waals surface area (Å²) in [4.78, 5) is 49.3. The van der Waals surface area contributed by atoms with E-state index in [-0.39, 0.29) is 59.4 Å². The molecule has 52 heavy (non-hydrogen) atoms. The Labute approximate surface area is 330 Å². The van der Waals surface area contributed by atoms with Crippen molar-refractivity contribution in [1.82, 2.24) is 4.90 Å². The van der Waals surface area contributed by atoms with Gasteiger partial charge in [0.25, 0.3) is 0 Å². The second-order valence-corrected chi connectivity index (χ2v) is 13.0. The average molecular weight is 862 g/mol. The van der Waals surface area contributed by atoms with Crippen LogP contribution in [0.2, 0.25) is 0 Å². The highest BCUT2D eigenvalue weighted by Crippen LogP contribution is 2.36. The molecule has 0 aliphatic carbocycles. The Morgan fingerprint density at radius 2 is 1.48 bits per heavy atom. The molecule has 11 atom stereocenters. The van der Waals surface area contributed by atoms with Crippen molar-refractivity contribution in [1.29, 1.82) is 0 Å². The van der Waals surface area contributed by atoms with Crippen LogP contribution in [0.5, 0.6) is 0 Å². The number of carbonyl (C=O) groups is 4. The van der Waals surface area contributed by atoms with Crippen LogP contribution in [-0.2, 0) is 41.3 Å². The fourth-order valence-electron chi connectivity index (χ4n) is 5.66. The number of carbonyl (C=O) groups excluding carboxylic acids is 4. The molecular formula is C38H76IN3O10. The SMILES string of the molecule is CC.CC.CC.CC1CC(N(C)C)CC(O)O1.CC[C@@H](C)C(=O)[C@H](C)C1C(C)OC(=O)C1/C(N)=N/OI.COC(=O)C(C)C(=O)C(C)C[C@H](C)OC. The van der Waals surface area contributed by atoms with Gasteiger partial charge < -0.3 is 37.9 Å². The largest absolute Gasteiger partial charge is 0.468 e. The Kier molecular flexibility index (Phi) is 35.6. The summed E-state index contributed by atoms with van der Waals surface area (Å²) >= 11 is 1.57. The van der Waals surface area contributed by atoms with E-state index in [2.05, 4.69) is 18.0 Å². The summed E-state index contributed by atoms with van der Waals surface area (Å²) in [5, 5.41) is 12.9. The topological polar surface area (TPSA) is 176 Å². The summed E-state index contributed by atoms with van der Waals surface area (Å²) in [6.07, 6.45) is 2.42. The minimum absolute atomic E-state index is 0.0220. The van der Waals surface area contributed by atoms with Crippen LogP contribution in [0.1, 0.15) is 123 Å². The summed E-state index contributed by atoms with van der Waals surface area (Å²) in [5.41, 5.74) is 5.79. The van der Waals surface area contributed by atoms with Gasteiger partial charge >= 0.3 is 11.9 Å². The van der Waals surface area contributed by atoms with Gasteiger partial charge in [0.05, 0.1) is 19.3 Å². The third-order valence-electron chi connectivity index (χ3n) is 8.82. The third-order valence-corrected chi connectivity index (χ3v) is 9.02. The number of halogens is 1. The van der Waals surface area contributed by atoms with Gasteiger partial charge in [-0.2, -0.15) is 0 Å². The number of esters is 2. The van der Waals surface area contributed by atoms with Gasteiger partial charge in [0, 0.05) is 43.2 Å². The van der Waals surface area contributed by atoms with Crippen LogP contribution < -0.4 is 5.73 Å². The van der Waals surface area contributed by atoms with Crippen LogP contribution in [0.3, 0.4) is 0 Å². The smallest absolute Gasteiger partial charge is 0.317 e. The van der Waals surface area contributed by atoms with Crippen LogP contribution in [0, 0.1) is 35.5 Å². The number of Topliss-reactive ketones (excluding diaryl/α,β-unsaturated/α-hetero) is 2. The fourth-order valence-corrected chi connectivity index (χ4v) is 5.88. The zero-order valence-electron chi connectivity index (χ0n) is 35.7. The first-order valence-electron chi connectivity index (χ1n) is 18.9. The van der Waals surface area contributed by atoms with Crippen molar-refractivity contribution in [3.8, 4) is 0 Å². The maximum Gasteiger partial charge on any atom is 0.317 e. The Hall–Kier alpha value is -1.88. The lowest BCUT2D eigenvalue weighted by Crippen LogP contribution is -2.41. The number of aliphatic hydroxyl groups is 1. The number of cyclic esters (lactones) is 1.